The average molecular weight is 243 g/mol. The fourth-order valence-corrected chi connectivity index (χ4v) is 1.87. The third-order valence-electron chi connectivity index (χ3n) is 2.70. The van der Waals surface area contributed by atoms with Crippen LogP contribution < -0.4 is 10.6 Å². The second-order valence-electron chi connectivity index (χ2n) is 3.87. The van der Waals surface area contributed by atoms with Gasteiger partial charge in [0.2, 0.25) is 5.91 Å². The maximum absolute atomic E-state index is 11.7. The second kappa shape index (κ2) is 6.07. The van der Waals surface area contributed by atoms with Gasteiger partial charge in [-0.1, -0.05) is 0 Å². The largest absolute Gasteiger partial charge is 0.480 e. The number of piperidine rings is 1. The molecule has 0 radical (unpaired) electrons. The number of urea groups is 1. The van der Waals surface area contributed by atoms with E-state index in [4.69, 9.17) is 5.11 Å². The van der Waals surface area contributed by atoms with Gasteiger partial charge in [0.1, 0.15) is 12.6 Å². The van der Waals surface area contributed by atoms with Crippen LogP contribution in [0.4, 0.5) is 4.79 Å². The Morgan fingerprint density at radius 2 is 2.06 bits per heavy atom. The first-order valence-corrected chi connectivity index (χ1v) is 5.54. The molecule has 0 aromatic rings. The van der Waals surface area contributed by atoms with E-state index in [9.17, 15) is 14.4 Å². The summed E-state index contributed by atoms with van der Waals surface area (Å²) in [6.07, 6.45) is 2.33. The van der Waals surface area contributed by atoms with Crippen molar-refractivity contribution in [3.63, 3.8) is 0 Å². The smallest absolute Gasteiger partial charge is 0.323 e. The van der Waals surface area contributed by atoms with Crippen LogP contribution in [-0.4, -0.2) is 54.1 Å². The van der Waals surface area contributed by atoms with Crippen molar-refractivity contribution in [2.24, 2.45) is 0 Å². The molecule has 1 aliphatic rings. The first kappa shape index (κ1) is 13.3. The molecule has 3 amide bonds. The Kier molecular flexibility index (Phi) is 4.74. The minimum absolute atomic E-state index is 0.213. The van der Waals surface area contributed by atoms with E-state index in [0.29, 0.717) is 13.0 Å². The molecule has 7 heteroatoms. The molecule has 1 atom stereocenters. The molecule has 0 aromatic carbocycles. The van der Waals surface area contributed by atoms with Crippen LogP contribution in [0.15, 0.2) is 0 Å². The number of hydrogen-bond acceptors (Lipinski definition) is 3. The summed E-state index contributed by atoms with van der Waals surface area (Å²) >= 11 is 0. The third kappa shape index (κ3) is 3.61. The maximum Gasteiger partial charge on any atom is 0.323 e. The van der Waals surface area contributed by atoms with Gasteiger partial charge in [0.25, 0.3) is 0 Å². The maximum atomic E-state index is 11.7. The number of hydrogen-bond donors (Lipinski definition) is 3. The van der Waals surface area contributed by atoms with Crippen molar-refractivity contribution in [2.75, 3.05) is 20.1 Å². The topological polar surface area (TPSA) is 98.7 Å². The summed E-state index contributed by atoms with van der Waals surface area (Å²) in [4.78, 5) is 35.0. The van der Waals surface area contributed by atoms with Crippen LogP contribution in [0.1, 0.15) is 19.3 Å². The van der Waals surface area contributed by atoms with Crippen LogP contribution in [0.3, 0.4) is 0 Å². The van der Waals surface area contributed by atoms with Crippen molar-refractivity contribution in [3.05, 3.63) is 0 Å². The predicted octanol–water partition coefficient (Wildman–Crippen LogP) is -0.619. The first-order valence-electron chi connectivity index (χ1n) is 5.54. The van der Waals surface area contributed by atoms with Crippen LogP contribution in [0.5, 0.6) is 0 Å². The molecule has 1 aliphatic heterocycles. The molecule has 0 aromatic heterocycles. The zero-order valence-corrected chi connectivity index (χ0v) is 9.73. The highest BCUT2D eigenvalue weighted by atomic mass is 16.4. The molecule has 17 heavy (non-hydrogen) atoms. The number of likely N-dealkylation sites (tertiary alicyclic amines) is 1. The number of carbonyl (C=O) groups excluding carboxylic acids is 2. The predicted molar refractivity (Wildman–Crippen MR) is 59.4 cm³/mol. The Bertz CT molecular complexity index is 319. The van der Waals surface area contributed by atoms with Crippen molar-refractivity contribution in [2.45, 2.75) is 25.3 Å². The lowest BCUT2D eigenvalue weighted by Gasteiger charge is -2.34. The first-order chi connectivity index (χ1) is 8.06. The van der Waals surface area contributed by atoms with Gasteiger partial charge in [0.05, 0.1) is 0 Å². The zero-order valence-electron chi connectivity index (χ0n) is 9.73. The highest BCUT2D eigenvalue weighted by Crippen LogP contribution is 2.17. The Hall–Kier alpha value is -1.79. The molecule has 96 valence electrons. The highest BCUT2D eigenvalue weighted by molar-refractivity contribution is 5.88. The number of aliphatic carboxylic acids is 1. The van der Waals surface area contributed by atoms with Crippen LogP contribution in [0.2, 0.25) is 0 Å². The van der Waals surface area contributed by atoms with Gasteiger partial charge in [0, 0.05) is 13.6 Å². The molecule has 7 nitrogen and oxygen atoms in total. The van der Waals surface area contributed by atoms with E-state index < -0.39 is 24.6 Å². The molecule has 1 saturated heterocycles. The van der Waals surface area contributed by atoms with E-state index in [-0.39, 0.29) is 5.91 Å². The van der Waals surface area contributed by atoms with E-state index in [2.05, 4.69) is 10.6 Å². The lowest BCUT2D eigenvalue weighted by Crippen LogP contribution is -2.54. The Labute approximate surface area is 99.2 Å². The number of carboxylic acid groups (broad SMARTS) is 1. The van der Waals surface area contributed by atoms with Crippen molar-refractivity contribution >= 4 is 17.9 Å². The molecule has 1 fully saturated rings. The lowest BCUT2D eigenvalue weighted by atomic mass is 10.0. The fraction of sp³-hybridized carbons (Fsp3) is 0.700. The summed E-state index contributed by atoms with van der Waals surface area (Å²) in [5.74, 6) is -1.32. The van der Waals surface area contributed by atoms with E-state index in [1.165, 1.54) is 11.9 Å². The second-order valence-corrected chi connectivity index (χ2v) is 3.87. The molecule has 1 heterocycles. The lowest BCUT2D eigenvalue weighted by molar-refractivity contribution is -0.135. The monoisotopic (exact) mass is 243 g/mol. The number of nitrogens with zero attached hydrogens (tertiary/aromatic N) is 1. The number of carbonyl (C=O) groups is 3. The minimum atomic E-state index is -1.10. The fourth-order valence-electron chi connectivity index (χ4n) is 1.87. The summed E-state index contributed by atoms with van der Waals surface area (Å²) in [5.41, 5.74) is 0. The van der Waals surface area contributed by atoms with E-state index in [1.807, 2.05) is 0 Å². The summed E-state index contributed by atoms with van der Waals surface area (Å²) in [5, 5.41) is 13.2. The third-order valence-corrected chi connectivity index (χ3v) is 2.70. The summed E-state index contributed by atoms with van der Waals surface area (Å²) in [7, 11) is 1.52. The number of carboxylic acids is 1. The number of nitrogens with one attached hydrogen (secondary N) is 2. The molecule has 0 saturated carbocycles. The normalized spacial score (nSPS) is 19.6. The van der Waals surface area contributed by atoms with Crippen LogP contribution >= 0.6 is 0 Å². The van der Waals surface area contributed by atoms with Crippen molar-refractivity contribution in [1.82, 2.24) is 15.5 Å². The number of amides is 3. The van der Waals surface area contributed by atoms with Crippen LogP contribution in [0, 0.1) is 0 Å². The number of rotatable bonds is 3. The molecule has 1 rings (SSSR count). The SMILES string of the molecule is CNC(=O)C1CCCCN1C(=O)NCC(=O)O. The van der Waals surface area contributed by atoms with Gasteiger partial charge in [-0.15, -0.1) is 0 Å². The minimum Gasteiger partial charge on any atom is -0.480 e. The van der Waals surface area contributed by atoms with Crippen LogP contribution in [-0.2, 0) is 9.59 Å². The van der Waals surface area contributed by atoms with E-state index in [0.717, 1.165) is 12.8 Å². The Morgan fingerprint density at radius 3 is 2.65 bits per heavy atom. The van der Waals surface area contributed by atoms with Crippen molar-refractivity contribution in [1.29, 1.82) is 0 Å². The number of likely N-dealkylation sites (N-methyl/N-ethyl adjacent to an activating group) is 1. The molecule has 1 unspecified atom stereocenters. The van der Waals surface area contributed by atoms with E-state index in [1.54, 1.807) is 0 Å². The molecule has 0 spiro atoms. The van der Waals surface area contributed by atoms with Crippen molar-refractivity contribution in [3.8, 4) is 0 Å². The molecule has 3 N–H and O–H groups in total. The van der Waals surface area contributed by atoms with Gasteiger partial charge in [-0.3, -0.25) is 9.59 Å². The van der Waals surface area contributed by atoms with Gasteiger partial charge in [-0.2, -0.15) is 0 Å². The van der Waals surface area contributed by atoms with Crippen LogP contribution in [0.25, 0.3) is 0 Å². The highest BCUT2D eigenvalue weighted by Gasteiger charge is 2.31. The average Bonchev–Trinajstić information content (AvgIpc) is 2.34. The van der Waals surface area contributed by atoms with Gasteiger partial charge < -0.3 is 20.6 Å². The Morgan fingerprint density at radius 1 is 1.35 bits per heavy atom. The van der Waals surface area contributed by atoms with E-state index >= 15 is 0 Å². The van der Waals surface area contributed by atoms with Crippen molar-refractivity contribution < 1.29 is 19.5 Å². The summed E-state index contributed by atoms with van der Waals surface area (Å²) in [6, 6.07) is -0.997. The molecular formula is C10H17N3O4. The van der Waals surface area contributed by atoms with Gasteiger partial charge in [-0.25, -0.2) is 4.79 Å². The summed E-state index contributed by atoms with van der Waals surface area (Å²) < 4.78 is 0. The van der Waals surface area contributed by atoms with Gasteiger partial charge in [0.15, 0.2) is 0 Å². The molecule has 0 bridgehead atoms. The quantitative estimate of drug-likeness (QED) is 0.615. The van der Waals surface area contributed by atoms with Gasteiger partial charge in [-0.05, 0) is 19.3 Å². The van der Waals surface area contributed by atoms with Gasteiger partial charge >= 0.3 is 12.0 Å². The zero-order chi connectivity index (χ0) is 12.8. The standard InChI is InChI=1S/C10H17N3O4/c1-11-9(16)7-4-2-3-5-13(7)10(17)12-6-8(14)15/h7H,2-6H2,1H3,(H,11,16)(H,12,17)(H,14,15). The Balaban J connectivity index is 2.60. The molecular weight excluding hydrogens is 226 g/mol. The molecule has 0 aliphatic carbocycles. The summed E-state index contributed by atoms with van der Waals surface area (Å²) in [6.45, 7) is 0.0410.